The predicted octanol–water partition coefficient (Wildman–Crippen LogP) is 3.88. The van der Waals surface area contributed by atoms with Gasteiger partial charge in [-0.1, -0.05) is 43.2 Å². The fraction of sp³-hybridized carbons (Fsp3) is 0.526. The number of nitriles is 1. The number of hydrogen-bond donors (Lipinski definition) is 1. The van der Waals surface area contributed by atoms with E-state index in [1.165, 1.54) is 31.0 Å². The summed E-state index contributed by atoms with van der Waals surface area (Å²) in [6.45, 7) is 2.52. The first kappa shape index (κ1) is 17.8. The molecule has 1 atom stereocenters. The van der Waals surface area contributed by atoms with Crippen molar-refractivity contribution in [2.24, 2.45) is 0 Å². The Morgan fingerprint density at radius 3 is 2.92 bits per heavy atom. The Hall–Kier alpha value is -2.00. The molecule has 0 spiro atoms. The van der Waals surface area contributed by atoms with Crippen LogP contribution >= 0.6 is 11.8 Å². The number of thioether (sulfide) groups is 1. The molecular weight excluding hydrogens is 332 g/mol. The molecule has 1 fully saturated rings. The summed E-state index contributed by atoms with van der Waals surface area (Å²) >= 11 is 1.47. The molecule has 1 aliphatic carbocycles. The summed E-state index contributed by atoms with van der Waals surface area (Å²) in [5.41, 5.74) is 1.92. The van der Waals surface area contributed by atoms with E-state index >= 15 is 0 Å². The molecule has 0 radical (unpaired) electrons. The van der Waals surface area contributed by atoms with E-state index < -0.39 is 0 Å². The molecule has 3 rings (SSSR count). The van der Waals surface area contributed by atoms with Gasteiger partial charge in [0.25, 0.3) is 0 Å². The summed E-state index contributed by atoms with van der Waals surface area (Å²) in [7, 11) is 0. The number of aryl methyl sites for hydroxylation is 1. The Labute approximate surface area is 152 Å². The van der Waals surface area contributed by atoms with E-state index in [-0.39, 0.29) is 11.2 Å². The number of carbonyl (C=O) groups is 1. The smallest absolute Gasteiger partial charge is 0.233 e. The largest absolute Gasteiger partial charge is 0.352 e. The summed E-state index contributed by atoms with van der Waals surface area (Å²) < 4.78 is 2.05. The lowest BCUT2D eigenvalue weighted by Gasteiger charge is -2.24. The number of hydrogen-bond acceptors (Lipinski definition) is 4. The van der Waals surface area contributed by atoms with Crippen LogP contribution in [0.4, 0.5) is 0 Å². The SMILES string of the molecule is CC(Sc1nc2ccccc2n1CCC#N)C(=O)NC1CCCCC1. The van der Waals surface area contributed by atoms with Gasteiger partial charge in [-0.3, -0.25) is 4.79 Å². The number of benzene rings is 1. The van der Waals surface area contributed by atoms with Crippen molar-refractivity contribution >= 4 is 28.7 Å². The Morgan fingerprint density at radius 1 is 1.40 bits per heavy atom. The van der Waals surface area contributed by atoms with Gasteiger partial charge in [-0.15, -0.1) is 0 Å². The molecule has 2 aromatic rings. The lowest BCUT2D eigenvalue weighted by molar-refractivity contribution is -0.121. The second-order valence-corrected chi connectivity index (χ2v) is 7.85. The third kappa shape index (κ3) is 4.35. The van der Waals surface area contributed by atoms with Crippen LogP contribution < -0.4 is 5.32 Å². The van der Waals surface area contributed by atoms with E-state index in [2.05, 4.69) is 16.4 Å². The predicted molar refractivity (Wildman–Crippen MR) is 100 cm³/mol. The number of carbonyl (C=O) groups excluding carboxylic acids is 1. The zero-order valence-corrected chi connectivity index (χ0v) is 15.4. The van der Waals surface area contributed by atoms with Crippen molar-refractivity contribution in [1.29, 1.82) is 5.26 Å². The molecule has 1 heterocycles. The van der Waals surface area contributed by atoms with Crippen molar-refractivity contribution in [2.45, 2.75) is 68.4 Å². The summed E-state index contributed by atoms with van der Waals surface area (Å²) in [4.78, 5) is 17.2. The highest BCUT2D eigenvalue weighted by Crippen LogP contribution is 2.28. The highest BCUT2D eigenvalue weighted by Gasteiger charge is 2.22. The maximum absolute atomic E-state index is 12.5. The van der Waals surface area contributed by atoms with Crippen molar-refractivity contribution in [3.05, 3.63) is 24.3 Å². The third-order valence-corrected chi connectivity index (χ3v) is 5.76. The second kappa shape index (κ2) is 8.39. The summed E-state index contributed by atoms with van der Waals surface area (Å²) in [5, 5.41) is 12.7. The molecule has 5 nitrogen and oxygen atoms in total. The minimum atomic E-state index is -0.209. The summed E-state index contributed by atoms with van der Waals surface area (Å²) in [6.07, 6.45) is 6.29. The van der Waals surface area contributed by atoms with Crippen molar-refractivity contribution < 1.29 is 4.79 Å². The Kier molecular flexibility index (Phi) is 5.98. The van der Waals surface area contributed by atoms with Gasteiger partial charge < -0.3 is 9.88 Å². The number of aromatic nitrogens is 2. The lowest BCUT2D eigenvalue weighted by atomic mass is 9.95. The van der Waals surface area contributed by atoms with Gasteiger partial charge in [0.2, 0.25) is 5.91 Å². The Bertz CT molecular complexity index is 773. The monoisotopic (exact) mass is 356 g/mol. The number of nitrogens with one attached hydrogen (secondary N) is 1. The number of imidazole rings is 1. The van der Waals surface area contributed by atoms with Gasteiger partial charge >= 0.3 is 0 Å². The van der Waals surface area contributed by atoms with Crippen LogP contribution in [0.1, 0.15) is 45.4 Å². The summed E-state index contributed by atoms with van der Waals surface area (Å²) in [6, 6.07) is 10.4. The van der Waals surface area contributed by atoms with Crippen LogP contribution in [0.25, 0.3) is 11.0 Å². The fourth-order valence-electron chi connectivity index (χ4n) is 3.30. The van der Waals surface area contributed by atoms with Crippen molar-refractivity contribution in [3.8, 4) is 6.07 Å². The van der Waals surface area contributed by atoms with Crippen LogP contribution in [0.5, 0.6) is 0 Å². The minimum Gasteiger partial charge on any atom is -0.352 e. The molecule has 6 heteroatoms. The van der Waals surface area contributed by atoms with Gasteiger partial charge in [-0.05, 0) is 31.9 Å². The summed E-state index contributed by atoms with van der Waals surface area (Å²) in [5.74, 6) is 0.0794. The van der Waals surface area contributed by atoms with Gasteiger partial charge in [0.15, 0.2) is 5.16 Å². The van der Waals surface area contributed by atoms with E-state index in [1.807, 2.05) is 35.8 Å². The molecular formula is C19H24N4OS. The van der Waals surface area contributed by atoms with Crippen molar-refractivity contribution in [3.63, 3.8) is 0 Å². The number of fused-ring (bicyclic) bond motifs is 1. The van der Waals surface area contributed by atoms with Crippen molar-refractivity contribution in [1.82, 2.24) is 14.9 Å². The zero-order chi connectivity index (χ0) is 17.6. The zero-order valence-electron chi connectivity index (χ0n) is 14.6. The molecule has 0 saturated heterocycles. The van der Waals surface area contributed by atoms with Gasteiger partial charge in [-0.2, -0.15) is 5.26 Å². The first-order valence-corrected chi connectivity index (χ1v) is 9.86. The molecule has 1 unspecified atom stereocenters. The second-order valence-electron chi connectivity index (χ2n) is 6.55. The molecule has 0 bridgehead atoms. The standard InChI is InChI=1S/C19H24N4OS/c1-14(18(24)21-15-8-3-2-4-9-15)25-19-22-16-10-5-6-11-17(16)23(19)13-7-12-20/h5-6,10-11,14-15H,2-4,7-9,13H2,1H3,(H,21,24). The topological polar surface area (TPSA) is 70.7 Å². The van der Waals surface area contributed by atoms with Crippen LogP contribution in [0, 0.1) is 11.3 Å². The van der Waals surface area contributed by atoms with Crippen LogP contribution in [-0.2, 0) is 11.3 Å². The molecule has 1 amide bonds. The molecule has 1 aliphatic rings. The van der Waals surface area contributed by atoms with E-state index in [0.717, 1.165) is 29.0 Å². The van der Waals surface area contributed by atoms with E-state index in [0.29, 0.717) is 19.0 Å². The highest BCUT2D eigenvalue weighted by atomic mass is 32.2. The van der Waals surface area contributed by atoms with Gasteiger partial charge in [0.05, 0.1) is 28.8 Å². The van der Waals surface area contributed by atoms with Crippen molar-refractivity contribution in [2.75, 3.05) is 0 Å². The van der Waals surface area contributed by atoms with Crippen LogP contribution in [-0.4, -0.2) is 26.8 Å². The molecule has 25 heavy (non-hydrogen) atoms. The van der Waals surface area contributed by atoms with Gasteiger partial charge in [-0.25, -0.2) is 4.98 Å². The van der Waals surface area contributed by atoms with E-state index in [1.54, 1.807) is 0 Å². The maximum Gasteiger partial charge on any atom is 0.233 e. The van der Waals surface area contributed by atoms with Crippen LogP contribution in [0.15, 0.2) is 29.4 Å². The lowest BCUT2D eigenvalue weighted by Crippen LogP contribution is -2.40. The minimum absolute atomic E-state index is 0.0794. The average molecular weight is 356 g/mol. The molecule has 1 aromatic heterocycles. The van der Waals surface area contributed by atoms with E-state index in [4.69, 9.17) is 5.26 Å². The molecule has 1 N–H and O–H groups in total. The quantitative estimate of drug-likeness (QED) is 0.797. The molecule has 1 aromatic carbocycles. The van der Waals surface area contributed by atoms with Crippen LogP contribution in [0.2, 0.25) is 0 Å². The number of nitrogens with zero attached hydrogens (tertiary/aromatic N) is 3. The van der Waals surface area contributed by atoms with E-state index in [9.17, 15) is 4.79 Å². The average Bonchev–Trinajstić information content (AvgIpc) is 2.97. The number of para-hydroxylation sites is 2. The van der Waals surface area contributed by atoms with Crippen LogP contribution in [0.3, 0.4) is 0 Å². The third-order valence-electron chi connectivity index (χ3n) is 4.67. The highest BCUT2D eigenvalue weighted by molar-refractivity contribution is 8.00. The molecule has 132 valence electrons. The molecule has 1 saturated carbocycles. The normalized spacial score (nSPS) is 16.5. The Balaban J connectivity index is 1.72. The first-order valence-electron chi connectivity index (χ1n) is 8.98. The fourth-order valence-corrected chi connectivity index (χ4v) is 4.26. The first-order chi connectivity index (χ1) is 12.2. The number of amides is 1. The number of rotatable bonds is 6. The Morgan fingerprint density at radius 2 is 2.16 bits per heavy atom. The van der Waals surface area contributed by atoms with Gasteiger partial charge in [0.1, 0.15) is 0 Å². The molecule has 0 aliphatic heterocycles. The van der Waals surface area contributed by atoms with Gasteiger partial charge in [0, 0.05) is 12.6 Å². The maximum atomic E-state index is 12.5.